The second-order valence-electron chi connectivity index (χ2n) is 8.20. The lowest BCUT2D eigenvalue weighted by Crippen LogP contribution is -2.52. The van der Waals surface area contributed by atoms with E-state index in [0.29, 0.717) is 24.2 Å². The van der Waals surface area contributed by atoms with Crippen LogP contribution in [-0.4, -0.2) is 44.4 Å². The van der Waals surface area contributed by atoms with Gasteiger partial charge in [-0.1, -0.05) is 12.1 Å². The first-order valence-electron chi connectivity index (χ1n) is 10.8. The highest BCUT2D eigenvalue weighted by atomic mass is 19.1. The molecule has 4 amide bonds. The number of piperidine rings is 1. The van der Waals surface area contributed by atoms with Gasteiger partial charge in [-0.15, -0.1) is 0 Å². The van der Waals surface area contributed by atoms with E-state index in [1.807, 2.05) is 12.1 Å². The van der Waals surface area contributed by atoms with Crippen molar-refractivity contribution >= 4 is 23.6 Å². The summed E-state index contributed by atoms with van der Waals surface area (Å²) < 4.78 is 14.6. The standard InChI is InChI=1S/C24H20FN5O4/c25-16-3-5-17(6-4-16)30-10-9-19(28-30)22(32)26-12-14-1-2-15-13-29(24(34)18(15)11-14)20-7-8-21(31)27-23(20)33/h1-6,9-11,20H,7-8,12-13H2,(H,26,32)(H,27,31,33). The van der Waals surface area contributed by atoms with Gasteiger partial charge in [-0.25, -0.2) is 9.07 Å². The Morgan fingerprint density at radius 3 is 2.68 bits per heavy atom. The molecule has 172 valence electrons. The van der Waals surface area contributed by atoms with E-state index in [-0.39, 0.29) is 36.3 Å². The van der Waals surface area contributed by atoms with Crippen molar-refractivity contribution in [3.8, 4) is 5.69 Å². The number of hydrogen-bond acceptors (Lipinski definition) is 5. The van der Waals surface area contributed by atoms with Gasteiger partial charge in [-0.2, -0.15) is 5.10 Å². The van der Waals surface area contributed by atoms with Gasteiger partial charge < -0.3 is 10.2 Å². The van der Waals surface area contributed by atoms with Crippen LogP contribution in [0.15, 0.2) is 54.7 Å². The van der Waals surface area contributed by atoms with Crippen LogP contribution in [0.25, 0.3) is 5.69 Å². The smallest absolute Gasteiger partial charge is 0.272 e. The molecule has 2 aromatic carbocycles. The summed E-state index contributed by atoms with van der Waals surface area (Å²) in [5.74, 6) is -1.80. The molecule has 0 radical (unpaired) electrons. The van der Waals surface area contributed by atoms with Crippen molar-refractivity contribution in [2.75, 3.05) is 0 Å². The lowest BCUT2D eigenvalue weighted by molar-refractivity contribution is -0.136. The molecular weight excluding hydrogens is 441 g/mol. The highest BCUT2D eigenvalue weighted by Gasteiger charge is 2.39. The van der Waals surface area contributed by atoms with E-state index in [4.69, 9.17) is 0 Å². The average Bonchev–Trinajstić information content (AvgIpc) is 3.44. The topological polar surface area (TPSA) is 113 Å². The minimum atomic E-state index is -0.669. The maximum atomic E-state index is 13.1. The van der Waals surface area contributed by atoms with Crippen LogP contribution in [0.1, 0.15) is 44.8 Å². The number of nitrogens with zero attached hydrogens (tertiary/aromatic N) is 3. The Bertz CT molecular complexity index is 1320. The van der Waals surface area contributed by atoms with E-state index in [9.17, 15) is 23.6 Å². The molecule has 10 heteroatoms. The Labute approximate surface area is 193 Å². The van der Waals surface area contributed by atoms with Crippen molar-refractivity contribution in [2.24, 2.45) is 0 Å². The fraction of sp³-hybridized carbons (Fsp3) is 0.208. The van der Waals surface area contributed by atoms with E-state index < -0.39 is 17.9 Å². The van der Waals surface area contributed by atoms with Gasteiger partial charge in [0.15, 0.2) is 5.69 Å². The maximum absolute atomic E-state index is 13.1. The normalized spacial score (nSPS) is 17.5. The lowest BCUT2D eigenvalue weighted by Gasteiger charge is -2.29. The highest BCUT2D eigenvalue weighted by molar-refractivity contribution is 6.05. The summed E-state index contributed by atoms with van der Waals surface area (Å²) >= 11 is 0. The number of halogens is 1. The molecule has 1 unspecified atom stereocenters. The largest absolute Gasteiger partial charge is 0.347 e. The predicted molar refractivity (Wildman–Crippen MR) is 117 cm³/mol. The Kier molecular flexibility index (Phi) is 5.40. The van der Waals surface area contributed by atoms with E-state index >= 15 is 0 Å². The molecule has 1 saturated heterocycles. The van der Waals surface area contributed by atoms with Gasteiger partial charge in [0.2, 0.25) is 11.8 Å². The van der Waals surface area contributed by atoms with Crippen molar-refractivity contribution in [3.63, 3.8) is 0 Å². The molecule has 1 fully saturated rings. The summed E-state index contributed by atoms with van der Waals surface area (Å²) in [6.45, 7) is 0.481. The summed E-state index contributed by atoms with van der Waals surface area (Å²) in [6.07, 6.45) is 2.11. The quantitative estimate of drug-likeness (QED) is 0.562. The number of imide groups is 1. The van der Waals surface area contributed by atoms with Crippen molar-refractivity contribution in [3.05, 3.63) is 82.9 Å². The van der Waals surface area contributed by atoms with Crippen molar-refractivity contribution < 1.29 is 23.6 Å². The molecule has 5 rings (SSSR count). The highest BCUT2D eigenvalue weighted by Crippen LogP contribution is 2.28. The van der Waals surface area contributed by atoms with E-state index in [1.165, 1.54) is 21.7 Å². The third-order valence-corrected chi connectivity index (χ3v) is 5.96. The summed E-state index contributed by atoms with van der Waals surface area (Å²) in [4.78, 5) is 50.5. The molecule has 0 spiro atoms. The summed E-state index contributed by atoms with van der Waals surface area (Å²) in [6, 6.07) is 12.0. The van der Waals surface area contributed by atoms with Crippen LogP contribution < -0.4 is 10.6 Å². The van der Waals surface area contributed by atoms with E-state index in [0.717, 1.165) is 11.1 Å². The molecule has 3 heterocycles. The Morgan fingerprint density at radius 1 is 1.12 bits per heavy atom. The van der Waals surface area contributed by atoms with Gasteiger partial charge in [-0.3, -0.25) is 24.5 Å². The zero-order valence-corrected chi connectivity index (χ0v) is 18.0. The molecule has 2 aliphatic rings. The minimum absolute atomic E-state index is 0.182. The lowest BCUT2D eigenvalue weighted by atomic mass is 10.0. The molecule has 1 atom stereocenters. The summed E-state index contributed by atoms with van der Waals surface area (Å²) in [5.41, 5.74) is 2.83. The number of carbonyl (C=O) groups excluding carboxylic acids is 4. The van der Waals surface area contributed by atoms with Crippen molar-refractivity contribution in [1.29, 1.82) is 0 Å². The van der Waals surface area contributed by atoms with Crippen molar-refractivity contribution in [2.45, 2.75) is 32.0 Å². The summed E-state index contributed by atoms with van der Waals surface area (Å²) in [5, 5.41) is 9.29. The van der Waals surface area contributed by atoms with Crippen molar-refractivity contribution in [1.82, 2.24) is 25.3 Å². The third-order valence-electron chi connectivity index (χ3n) is 5.96. The van der Waals surface area contributed by atoms with Gasteiger partial charge >= 0.3 is 0 Å². The molecule has 0 saturated carbocycles. The molecule has 2 aliphatic heterocycles. The number of aromatic nitrogens is 2. The van der Waals surface area contributed by atoms with E-state index in [2.05, 4.69) is 15.7 Å². The third kappa shape index (κ3) is 4.05. The molecule has 0 aliphatic carbocycles. The van der Waals surface area contributed by atoms with Gasteiger partial charge in [0, 0.05) is 31.3 Å². The molecule has 9 nitrogen and oxygen atoms in total. The first kappa shape index (κ1) is 21.5. The Hall–Kier alpha value is -4.34. The number of nitrogens with one attached hydrogen (secondary N) is 2. The van der Waals surface area contributed by atoms with Crippen LogP contribution in [0.4, 0.5) is 4.39 Å². The number of hydrogen-bond donors (Lipinski definition) is 2. The fourth-order valence-corrected chi connectivity index (χ4v) is 4.17. The van der Waals surface area contributed by atoms with Gasteiger partial charge in [-0.05, 0) is 53.9 Å². The fourth-order valence-electron chi connectivity index (χ4n) is 4.17. The maximum Gasteiger partial charge on any atom is 0.272 e. The second kappa shape index (κ2) is 8.54. The molecular formula is C24H20FN5O4. The monoisotopic (exact) mass is 461 g/mol. The molecule has 2 N–H and O–H groups in total. The van der Waals surface area contributed by atoms with Crippen LogP contribution in [0.3, 0.4) is 0 Å². The molecule has 34 heavy (non-hydrogen) atoms. The zero-order chi connectivity index (χ0) is 23.8. The molecule has 1 aromatic heterocycles. The predicted octanol–water partition coefficient (Wildman–Crippen LogP) is 1.70. The number of carbonyl (C=O) groups is 4. The van der Waals surface area contributed by atoms with Crippen LogP contribution in [0.5, 0.6) is 0 Å². The van der Waals surface area contributed by atoms with Gasteiger partial charge in [0.05, 0.1) is 5.69 Å². The number of rotatable bonds is 5. The first-order chi connectivity index (χ1) is 16.4. The molecule has 0 bridgehead atoms. The second-order valence-corrected chi connectivity index (χ2v) is 8.20. The number of fused-ring (bicyclic) bond motifs is 1. The average molecular weight is 461 g/mol. The van der Waals surface area contributed by atoms with Crippen LogP contribution in [0, 0.1) is 5.82 Å². The van der Waals surface area contributed by atoms with Crippen LogP contribution in [0.2, 0.25) is 0 Å². The van der Waals surface area contributed by atoms with Crippen LogP contribution in [-0.2, 0) is 22.7 Å². The number of benzene rings is 2. The molecule has 3 aromatic rings. The van der Waals surface area contributed by atoms with E-state index in [1.54, 1.807) is 30.5 Å². The number of amides is 4. The van der Waals surface area contributed by atoms with Gasteiger partial charge in [0.1, 0.15) is 11.9 Å². The Balaban J connectivity index is 1.24. The van der Waals surface area contributed by atoms with Gasteiger partial charge in [0.25, 0.3) is 11.8 Å². The Morgan fingerprint density at radius 2 is 1.91 bits per heavy atom. The zero-order valence-electron chi connectivity index (χ0n) is 18.0. The summed E-state index contributed by atoms with van der Waals surface area (Å²) in [7, 11) is 0. The SMILES string of the molecule is O=C1CCC(N2Cc3ccc(CNC(=O)c4ccn(-c5ccc(F)cc5)n4)cc3C2=O)C(=O)N1. The van der Waals surface area contributed by atoms with Crippen LogP contribution >= 0.6 is 0 Å². The first-order valence-corrected chi connectivity index (χ1v) is 10.8. The minimum Gasteiger partial charge on any atom is -0.347 e.